The molecule has 1 aromatic rings. The lowest BCUT2D eigenvalue weighted by Crippen LogP contribution is -2.64. The van der Waals surface area contributed by atoms with E-state index in [9.17, 15) is 19.8 Å². The maximum atomic E-state index is 11.7. The molecule has 3 heterocycles. The van der Waals surface area contributed by atoms with Crippen molar-refractivity contribution in [3.63, 3.8) is 0 Å². The Morgan fingerprint density at radius 3 is 2.81 bits per heavy atom. The zero-order valence-electron chi connectivity index (χ0n) is 11.0. The normalized spacial score (nSPS) is 23.1. The van der Waals surface area contributed by atoms with Gasteiger partial charge in [-0.3, -0.25) is 14.6 Å². The van der Waals surface area contributed by atoms with Crippen LogP contribution in [0.2, 0.25) is 5.02 Å². The quantitative estimate of drug-likeness (QED) is 0.773. The van der Waals surface area contributed by atoms with Crippen LogP contribution in [-0.4, -0.2) is 52.9 Å². The molecular weight excluding hydrogens is 300 g/mol. The number of halogens is 1. The zero-order chi connectivity index (χ0) is 15.2. The Morgan fingerprint density at radius 1 is 1.43 bits per heavy atom. The van der Waals surface area contributed by atoms with Crippen molar-refractivity contribution in [3.05, 3.63) is 23.0 Å². The summed E-state index contributed by atoms with van der Waals surface area (Å²) in [6.07, 6.45) is 1.21. The molecule has 0 aliphatic carbocycles. The summed E-state index contributed by atoms with van der Waals surface area (Å²) in [6, 6.07) is 0.907. The summed E-state index contributed by atoms with van der Waals surface area (Å²) in [5, 5.41) is 19.6. The summed E-state index contributed by atoms with van der Waals surface area (Å²) >= 11 is 5.95. The van der Waals surface area contributed by atoms with E-state index in [1.54, 1.807) is 11.0 Å². The number of anilines is 1. The van der Waals surface area contributed by atoms with Gasteiger partial charge in [-0.1, -0.05) is 11.6 Å². The number of carbonyl (C=O) groups is 2. The van der Waals surface area contributed by atoms with Crippen molar-refractivity contribution in [2.24, 2.45) is 5.41 Å². The van der Waals surface area contributed by atoms with E-state index in [-0.39, 0.29) is 13.0 Å². The molecule has 1 unspecified atom stereocenters. The smallest absolute Gasteiger partial charge is 0.323 e. The number of carboxylic acid groups (broad SMARTS) is 2. The molecule has 1 aromatic heterocycles. The molecule has 2 aliphatic rings. The number of nitrogens with zero attached hydrogens (tertiary/aromatic N) is 2. The van der Waals surface area contributed by atoms with E-state index in [1.165, 1.54) is 6.20 Å². The molecular formula is C13H13ClN2O5. The van der Waals surface area contributed by atoms with Crippen LogP contribution in [0.1, 0.15) is 5.69 Å². The van der Waals surface area contributed by atoms with Gasteiger partial charge in [0.15, 0.2) is 5.41 Å². The lowest BCUT2D eigenvalue weighted by Gasteiger charge is -2.48. The molecule has 0 aromatic carbocycles. The van der Waals surface area contributed by atoms with E-state index in [4.69, 9.17) is 16.3 Å². The first-order valence-corrected chi connectivity index (χ1v) is 6.80. The van der Waals surface area contributed by atoms with Crippen molar-refractivity contribution < 1.29 is 24.5 Å². The van der Waals surface area contributed by atoms with Gasteiger partial charge < -0.3 is 19.8 Å². The predicted octanol–water partition coefficient (Wildman–Crippen LogP) is 0.652. The molecule has 0 spiro atoms. The Morgan fingerprint density at radius 2 is 2.14 bits per heavy atom. The van der Waals surface area contributed by atoms with Gasteiger partial charge in [0.1, 0.15) is 0 Å². The van der Waals surface area contributed by atoms with Gasteiger partial charge in [-0.15, -0.1) is 0 Å². The number of aromatic nitrogens is 1. The Kier molecular flexibility index (Phi) is 3.26. The fourth-order valence-corrected chi connectivity index (χ4v) is 3.20. The molecule has 21 heavy (non-hydrogen) atoms. The van der Waals surface area contributed by atoms with Crippen LogP contribution in [-0.2, 0) is 20.7 Å². The highest BCUT2D eigenvalue weighted by Gasteiger charge is 2.59. The predicted molar refractivity (Wildman–Crippen MR) is 72.6 cm³/mol. The molecule has 0 bridgehead atoms. The van der Waals surface area contributed by atoms with Crippen molar-refractivity contribution in [3.8, 4) is 0 Å². The Labute approximate surface area is 125 Å². The maximum absolute atomic E-state index is 11.7. The lowest BCUT2D eigenvalue weighted by molar-refractivity contribution is -0.169. The first-order chi connectivity index (χ1) is 9.96. The average molecular weight is 313 g/mol. The fraction of sp³-hybridized carbons (Fsp3) is 0.462. The van der Waals surface area contributed by atoms with Crippen LogP contribution in [0.5, 0.6) is 0 Å². The lowest BCUT2D eigenvalue weighted by atomic mass is 9.72. The molecule has 0 saturated carbocycles. The molecule has 2 N–H and O–H groups in total. The summed E-state index contributed by atoms with van der Waals surface area (Å²) in [6.45, 7) is 0.852. The first kappa shape index (κ1) is 14.1. The highest BCUT2D eigenvalue weighted by Crippen LogP contribution is 2.43. The average Bonchev–Trinajstić information content (AvgIpc) is 2.46. The molecule has 0 amide bonds. The molecule has 7 nitrogen and oxygen atoms in total. The van der Waals surface area contributed by atoms with Crippen molar-refractivity contribution in [2.45, 2.75) is 12.5 Å². The van der Waals surface area contributed by atoms with Crippen LogP contribution in [0.15, 0.2) is 12.3 Å². The van der Waals surface area contributed by atoms with Gasteiger partial charge >= 0.3 is 11.9 Å². The van der Waals surface area contributed by atoms with Gasteiger partial charge in [0, 0.05) is 19.2 Å². The second kappa shape index (κ2) is 4.85. The number of ether oxygens (including phenoxy) is 1. The molecule has 8 heteroatoms. The number of hydrogen-bond donors (Lipinski definition) is 2. The Balaban J connectivity index is 2.19. The highest BCUT2D eigenvalue weighted by atomic mass is 35.5. The third-order valence-corrected chi connectivity index (χ3v) is 4.34. The van der Waals surface area contributed by atoms with Gasteiger partial charge in [-0.25, -0.2) is 0 Å². The zero-order valence-corrected chi connectivity index (χ0v) is 11.7. The SMILES string of the molecule is O=C(O)C1(C(=O)O)Cc2ncc(Cl)cc2N2CCOCC21. The third-order valence-electron chi connectivity index (χ3n) is 4.13. The number of pyridine rings is 1. The van der Waals surface area contributed by atoms with E-state index in [1.807, 2.05) is 0 Å². The summed E-state index contributed by atoms with van der Waals surface area (Å²) in [5.74, 6) is -2.75. The Hall–Kier alpha value is -1.86. The van der Waals surface area contributed by atoms with Crippen LogP contribution in [0.4, 0.5) is 5.69 Å². The Bertz CT molecular complexity index is 607. The minimum absolute atomic E-state index is 0.0462. The summed E-state index contributed by atoms with van der Waals surface area (Å²) in [5.41, 5.74) is -0.842. The first-order valence-electron chi connectivity index (χ1n) is 6.42. The summed E-state index contributed by atoms with van der Waals surface area (Å²) in [7, 11) is 0. The maximum Gasteiger partial charge on any atom is 0.323 e. The molecule has 1 fully saturated rings. The van der Waals surface area contributed by atoms with E-state index < -0.39 is 23.4 Å². The van der Waals surface area contributed by atoms with Crippen LogP contribution in [0, 0.1) is 5.41 Å². The molecule has 112 valence electrons. The van der Waals surface area contributed by atoms with Gasteiger partial charge in [-0.2, -0.15) is 0 Å². The summed E-state index contributed by atoms with van der Waals surface area (Å²) in [4.78, 5) is 29.3. The third kappa shape index (κ3) is 1.96. The molecule has 1 atom stereocenters. The van der Waals surface area contributed by atoms with Crippen LogP contribution >= 0.6 is 11.6 Å². The number of aliphatic carboxylic acids is 2. The van der Waals surface area contributed by atoms with Gasteiger partial charge in [-0.05, 0) is 6.07 Å². The van der Waals surface area contributed by atoms with E-state index in [0.717, 1.165) is 0 Å². The van der Waals surface area contributed by atoms with Crippen LogP contribution < -0.4 is 4.90 Å². The van der Waals surface area contributed by atoms with Gasteiger partial charge in [0.05, 0.1) is 35.7 Å². The number of morpholine rings is 1. The second-order valence-electron chi connectivity index (χ2n) is 5.16. The molecule has 3 rings (SSSR count). The minimum Gasteiger partial charge on any atom is -0.480 e. The molecule has 0 radical (unpaired) electrons. The van der Waals surface area contributed by atoms with E-state index in [2.05, 4.69) is 4.98 Å². The number of hydrogen-bond acceptors (Lipinski definition) is 5. The molecule has 1 saturated heterocycles. The number of rotatable bonds is 2. The van der Waals surface area contributed by atoms with Gasteiger partial charge in [0.2, 0.25) is 0 Å². The van der Waals surface area contributed by atoms with Gasteiger partial charge in [0.25, 0.3) is 0 Å². The van der Waals surface area contributed by atoms with E-state index in [0.29, 0.717) is 29.6 Å². The fourth-order valence-electron chi connectivity index (χ4n) is 3.05. The number of carboxylic acids is 2. The minimum atomic E-state index is -1.96. The van der Waals surface area contributed by atoms with Crippen molar-refractivity contribution in [1.29, 1.82) is 0 Å². The monoisotopic (exact) mass is 312 g/mol. The standard InChI is InChI=1S/C13H13ClN2O5/c14-7-3-9-8(15-5-7)4-13(11(17)18,12(19)20)10-6-21-2-1-16(9)10/h3,5,10H,1-2,4,6H2,(H,17,18)(H,19,20). The topological polar surface area (TPSA) is 100.0 Å². The van der Waals surface area contributed by atoms with E-state index >= 15 is 0 Å². The van der Waals surface area contributed by atoms with Crippen molar-refractivity contribution in [1.82, 2.24) is 4.98 Å². The summed E-state index contributed by atoms with van der Waals surface area (Å²) < 4.78 is 5.32. The second-order valence-corrected chi connectivity index (χ2v) is 5.60. The van der Waals surface area contributed by atoms with Crippen molar-refractivity contribution >= 4 is 29.2 Å². The number of fused-ring (bicyclic) bond motifs is 3. The van der Waals surface area contributed by atoms with Crippen molar-refractivity contribution in [2.75, 3.05) is 24.7 Å². The molecule has 2 aliphatic heterocycles. The van der Waals surface area contributed by atoms with Crippen LogP contribution in [0.25, 0.3) is 0 Å². The highest BCUT2D eigenvalue weighted by molar-refractivity contribution is 6.30. The largest absolute Gasteiger partial charge is 0.480 e. The van der Waals surface area contributed by atoms with Crippen LogP contribution in [0.3, 0.4) is 0 Å².